The Morgan fingerprint density at radius 1 is 1.23 bits per heavy atom. The van der Waals surface area contributed by atoms with Crippen LogP contribution in [0.5, 0.6) is 0 Å². The molecule has 118 valence electrons. The van der Waals surface area contributed by atoms with Gasteiger partial charge in [-0.2, -0.15) is 0 Å². The number of thiocarbonyl (C=S) groups is 1. The highest BCUT2D eigenvalue weighted by atomic mass is 32.1. The van der Waals surface area contributed by atoms with E-state index in [2.05, 4.69) is 23.1 Å². The number of carbonyl (C=O) groups excluding carboxylic acids is 1. The van der Waals surface area contributed by atoms with Crippen LogP contribution in [0, 0.1) is 6.92 Å². The van der Waals surface area contributed by atoms with E-state index < -0.39 is 0 Å². The molecule has 0 bridgehead atoms. The van der Waals surface area contributed by atoms with Crippen molar-refractivity contribution in [2.24, 2.45) is 0 Å². The largest absolute Gasteiger partial charge is 0.361 e. The molecule has 0 saturated heterocycles. The Morgan fingerprint density at radius 2 is 2.00 bits per heavy atom. The summed E-state index contributed by atoms with van der Waals surface area (Å²) < 4.78 is 1.12. The summed E-state index contributed by atoms with van der Waals surface area (Å²) in [6, 6.07) is 8.02. The maximum absolute atomic E-state index is 12.3. The van der Waals surface area contributed by atoms with Crippen LogP contribution in [-0.4, -0.2) is 17.6 Å². The third kappa shape index (κ3) is 4.18. The van der Waals surface area contributed by atoms with Crippen LogP contribution in [0.3, 0.4) is 0 Å². The van der Waals surface area contributed by atoms with Gasteiger partial charge in [0.1, 0.15) is 0 Å². The molecule has 1 aromatic carbocycles. The molecular weight excluding hydrogens is 314 g/mol. The van der Waals surface area contributed by atoms with Gasteiger partial charge in [-0.3, -0.25) is 15.6 Å². The van der Waals surface area contributed by atoms with E-state index in [4.69, 9.17) is 12.2 Å². The molecule has 1 amide bonds. The molecule has 1 aromatic heterocycles. The van der Waals surface area contributed by atoms with Gasteiger partial charge < -0.3 is 5.32 Å². The zero-order valence-electron chi connectivity index (χ0n) is 12.9. The standard InChI is InChI=1S/C16H21N3OS2/c1-3-4-7-10-17-16(21)19-18-15(20)14-11(2)12-8-5-6-9-13(12)22-14/h5-6,8-9H,3-4,7,10H2,1-2H3,(H,18,20)(H2,17,19,21). The van der Waals surface area contributed by atoms with E-state index in [0.29, 0.717) is 9.99 Å². The Kier molecular flexibility index (Phi) is 6.15. The van der Waals surface area contributed by atoms with Crippen LogP contribution in [0.2, 0.25) is 0 Å². The SMILES string of the molecule is CCCCCNC(=S)NNC(=O)c1sc2ccccc2c1C. The summed E-state index contributed by atoms with van der Waals surface area (Å²) >= 11 is 6.63. The van der Waals surface area contributed by atoms with Gasteiger partial charge in [-0.15, -0.1) is 11.3 Å². The Labute approximate surface area is 140 Å². The van der Waals surface area contributed by atoms with Gasteiger partial charge >= 0.3 is 0 Å². The van der Waals surface area contributed by atoms with E-state index in [0.717, 1.165) is 28.6 Å². The van der Waals surface area contributed by atoms with Crippen LogP contribution >= 0.6 is 23.6 Å². The zero-order valence-corrected chi connectivity index (χ0v) is 14.5. The maximum Gasteiger partial charge on any atom is 0.280 e. The molecule has 4 nitrogen and oxygen atoms in total. The second-order valence-electron chi connectivity index (χ2n) is 5.09. The predicted octanol–water partition coefficient (Wildman–Crippen LogP) is 3.51. The van der Waals surface area contributed by atoms with Crippen molar-refractivity contribution in [2.45, 2.75) is 33.1 Å². The third-order valence-electron chi connectivity index (χ3n) is 3.41. The number of hydrogen-bond acceptors (Lipinski definition) is 3. The van der Waals surface area contributed by atoms with Crippen molar-refractivity contribution in [1.29, 1.82) is 0 Å². The van der Waals surface area contributed by atoms with Crippen LogP contribution in [0.15, 0.2) is 24.3 Å². The quantitative estimate of drug-likeness (QED) is 0.445. The lowest BCUT2D eigenvalue weighted by atomic mass is 10.1. The number of nitrogens with one attached hydrogen (secondary N) is 3. The molecule has 6 heteroatoms. The van der Waals surface area contributed by atoms with Crippen LogP contribution < -0.4 is 16.2 Å². The summed E-state index contributed by atoms with van der Waals surface area (Å²) in [4.78, 5) is 13.0. The molecule has 22 heavy (non-hydrogen) atoms. The molecule has 0 fully saturated rings. The molecule has 2 rings (SSSR count). The minimum absolute atomic E-state index is 0.156. The highest BCUT2D eigenvalue weighted by Crippen LogP contribution is 2.30. The lowest BCUT2D eigenvalue weighted by Gasteiger charge is -2.11. The zero-order chi connectivity index (χ0) is 15.9. The molecule has 2 aromatic rings. The van der Waals surface area contributed by atoms with Gasteiger partial charge in [0.2, 0.25) is 0 Å². The molecule has 0 aliphatic carbocycles. The molecular formula is C16H21N3OS2. The summed E-state index contributed by atoms with van der Waals surface area (Å²) in [5.74, 6) is -0.156. The van der Waals surface area contributed by atoms with Crippen molar-refractivity contribution in [1.82, 2.24) is 16.2 Å². The number of unbranched alkanes of at least 4 members (excludes halogenated alkanes) is 2. The van der Waals surface area contributed by atoms with E-state index in [-0.39, 0.29) is 5.91 Å². The lowest BCUT2D eigenvalue weighted by Crippen LogP contribution is -2.46. The summed E-state index contributed by atoms with van der Waals surface area (Å²) in [5.41, 5.74) is 6.42. The fourth-order valence-corrected chi connectivity index (χ4v) is 3.44. The first-order chi connectivity index (χ1) is 10.6. The minimum Gasteiger partial charge on any atom is -0.361 e. The van der Waals surface area contributed by atoms with E-state index in [1.54, 1.807) is 0 Å². The molecule has 0 aliphatic heterocycles. The van der Waals surface area contributed by atoms with Crippen molar-refractivity contribution in [2.75, 3.05) is 6.54 Å². The van der Waals surface area contributed by atoms with Crippen LogP contribution in [0.4, 0.5) is 0 Å². The first-order valence-corrected chi connectivity index (χ1v) is 8.68. The number of fused-ring (bicyclic) bond motifs is 1. The fraction of sp³-hybridized carbons (Fsp3) is 0.375. The average molecular weight is 335 g/mol. The van der Waals surface area contributed by atoms with E-state index in [1.807, 2.05) is 31.2 Å². The van der Waals surface area contributed by atoms with Crippen molar-refractivity contribution >= 4 is 44.7 Å². The number of thiophene rings is 1. The van der Waals surface area contributed by atoms with Crippen molar-refractivity contribution in [3.05, 3.63) is 34.7 Å². The second kappa shape index (κ2) is 8.10. The number of carbonyl (C=O) groups is 1. The number of aryl methyl sites for hydroxylation is 1. The Morgan fingerprint density at radius 3 is 2.73 bits per heavy atom. The van der Waals surface area contributed by atoms with Crippen LogP contribution in [0.25, 0.3) is 10.1 Å². The summed E-state index contributed by atoms with van der Waals surface area (Å²) in [5, 5.41) is 4.64. The van der Waals surface area contributed by atoms with Gasteiger partial charge in [0, 0.05) is 11.2 Å². The fourth-order valence-electron chi connectivity index (χ4n) is 2.18. The maximum atomic E-state index is 12.3. The number of rotatable bonds is 5. The molecule has 0 aliphatic rings. The van der Waals surface area contributed by atoms with Crippen molar-refractivity contribution in [3.8, 4) is 0 Å². The summed E-state index contributed by atoms with van der Waals surface area (Å²) in [7, 11) is 0. The number of hydrogen-bond donors (Lipinski definition) is 3. The summed E-state index contributed by atoms with van der Waals surface area (Å²) in [6.45, 7) is 4.94. The third-order valence-corrected chi connectivity index (χ3v) is 4.92. The molecule has 0 atom stereocenters. The smallest absolute Gasteiger partial charge is 0.280 e. The number of hydrazine groups is 1. The predicted molar refractivity (Wildman–Crippen MR) is 97.3 cm³/mol. The Balaban J connectivity index is 1.89. The minimum atomic E-state index is -0.156. The average Bonchev–Trinajstić information content (AvgIpc) is 2.87. The summed E-state index contributed by atoms with van der Waals surface area (Å²) in [6.07, 6.45) is 3.41. The van der Waals surface area contributed by atoms with E-state index in [1.165, 1.54) is 24.2 Å². The second-order valence-corrected chi connectivity index (χ2v) is 6.55. The topological polar surface area (TPSA) is 53.2 Å². The van der Waals surface area contributed by atoms with Crippen LogP contribution in [-0.2, 0) is 0 Å². The van der Waals surface area contributed by atoms with Crippen molar-refractivity contribution < 1.29 is 4.79 Å². The highest BCUT2D eigenvalue weighted by molar-refractivity contribution is 7.80. The Bertz CT molecular complexity index is 666. The molecule has 0 radical (unpaired) electrons. The van der Waals surface area contributed by atoms with Gasteiger partial charge in [-0.25, -0.2) is 0 Å². The van der Waals surface area contributed by atoms with Gasteiger partial charge in [0.05, 0.1) is 4.88 Å². The first kappa shape index (κ1) is 16.7. The number of amides is 1. The molecule has 0 saturated carbocycles. The van der Waals surface area contributed by atoms with Crippen molar-refractivity contribution in [3.63, 3.8) is 0 Å². The normalized spacial score (nSPS) is 10.5. The molecule has 0 spiro atoms. The molecule has 0 unspecified atom stereocenters. The molecule has 1 heterocycles. The van der Waals surface area contributed by atoms with Gasteiger partial charge in [0.25, 0.3) is 5.91 Å². The van der Waals surface area contributed by atoms with Gasteiger partial charge in [-0.1, -0.05) is 38.0 Å². The highest BCUT2D eigenvalue weighted by Gasteiger charge is 2.15. The monoisotopic (exact) mass is 335 g/mol. The van der Waals surface area contributed by atoms with E-state index in [9.17, 15) is 4.79 Å². The lowest BCUT2D eigenvalue weighted by molar-refractivity contribution is 0.0947. The molecule has 3 N–H and O–H groups in total. The first-order valence-electron chi connectivity index (χ1n) is 7.45. The Hall–Kier alpha value is -1.66. The van der Waals surface area contributed by atoms with Gasteiger partial charge in [-0.05, 0) is 42.6 Å². The van der Waals surface area contributed by atoms with E-state index >= 15 is 0 Å². The van der Waals surface area contributed by atoms with Crippen LogP contribution in [0.1, 0.15) is 41.4 Å². The number of benzene rings is 1. The van der Waals surface area contributed by atoms with Gasteiger partial charge in [0.15, 0.2) is 5.11 Å².